The van der Waals surface area contributed by atoms with Crippen LogP contribution in [0.15, 0.2) is 62.6 Å². The Kier molecular flexibility index (Phi) is 7.04. The molecule has 3 aromatic rings. The van der Waals surface area contributed by atoms with Crippen molar-refractivity contribution >= 4 is 15.9 Å². The summed E-state index contributed by atoms with van der Waals surface area (Å²) in [5, 5.41) is 3.03. The molecule has 0 aliphatic rings. The second-order valence-electron chi connectivity index (χ2n) is 7.20. The molecule has 1 aromatic heterocycles. The first-order valence-corrected chi connectivity index (χ1v) is 10.4. The van der Waals surface area contributed by atoms with Gasteiger partial charge >= 0.3 is 11.9 Å². The number of benzene rings is 2. The number of alkyl halides is 3. The van der Waals surface area contributed by atoms with Crippen LogP contribution < -0.4 is 16.6 Å². The molecule has 1 N–H and O–H groups in total. The predicted molar refractivity (Wildman–Crippen MR) is 116 cm³/mol. The average molecular weight is 514 g/mol. The molecule has 10 heteroatoms. The fraction of sp³-hybridized carbons (Fsp3) is 0.273. The summed E-state index contributed by atoms with van der Waals surface area (Å²) in [6, 6.07) is 11.3. The highest BCUT2D eigenvalue weighted by Gasteiger charge is 2.35. The van der Waals surface area contributed by atoms with Crippen molar-refractivity contribution in [2.24, 2.45) is 0 Å². The van der Waals surface area contributed by atoms with Crippen molar-refractivity contribution in [3.8, 4) is 0 Å². The third kappa shape index (κ3) is 4.71. The number of nitrogens with one attached hydrogen (secondary N) is 1. The minimum absolute atomic E-state index is 0.0184. The van der Waals surface area contributed by atoms with Gasteiger partial charge in [-0.15, -0.1) is 0 Å². The van der Waals surface area contributed by atoms with Gasteiger partial charge in [-0.2, -0.15) is 13.2 Å². The number of nitrogens with zero attached hydrogens (tertiary/aromatic N) is 2. The van der Waals surface area contributed by atoms with Gasteiger partial charge in [0.05, 0.1) is 24.7 Å². The first-order valence-electron chi connectivity index (χ1n) is 9.62. The van der Waals surface area contributed by atoms with Crippen LogP contribution in [-0.4, -0.2) is 16.2 Å². The van der Waals surface area contributed by atoms with E-state index in [1.807, 2.05) is 30.3 Å². The number of aromatic nitrogens is 2. The van der Waals surface area contributed by atoms with E-state index in [-0.39, 0.29) is 16.7 Å². The molecule has 2 aromatic carbocycles. The molecule has 3 rings (SSSR count). The lowest BCUT2D eigenvalue weighted by molar-refractivity contribution is -0.138. The van der Waals surface area contributed by atoms with Gasteiger partial charge < -0.3 is 5.32 Å². The molecular formula is C22H20BrF4N3O2. The van der Waals surface area contributed by atoms with Crippen LogP contribution in [0, 0.1) is 12.7 Å². The number of rotatable bonds is 6. The normalized spacial score (nSPS) is 12.7. The van der Waals surface area contributed by atoms with Crippen LogP contribution in [0.1, 0.15) is 28.4 Å². The van der Waals surface area contributed by atoms with Crippen LogP contribution in [-0.2, 0) is 19.3 Å². The SMILES string of the molecule is CNC(Cn1c(=O)c(Br)c(C)n(Cc2c(F)cccc2C(F)(F)F)c1=O)c1ccccc1. The minimum Gasteiger partial charge on any atom is -0.312 e. The monoisotopic (exact) mass is 513 g/mol. The zero-order valence-corrected chi connectivity index (χ0v) is 18.8. The lowest BCUT2D eigenvalue weighted by Crippen LogP contribution is -2.44. The molecule has 0 radical (unpaired) electrons. The zero-order chi connectivity index (χ0) is 23.6. The molecule has 32 heavy (non-hydrogen) atoms. The van der Waals surface area contributed by atoms with E-state index < -0.39 is 47.0 Å². The smallest absolute Gasteiger partial charge is 0.312 e. The van der Waals surface area contributed by atoms with Crippen molar-refractivity contribution in [3.05, 3.63) is 102 Å². The molecule has 0 saturated heterocycles. The second-order valence-corrected chi connectivity index (χ2v) is 7.99. The van der Waals surface area contributed by atoms with Gasteiger partial charge in [0.1, 0.15) is 10.3 Å². The van der Waals surface area contributed by atoms with Crippen molar-refractivity contribution in [1.82, 2.24) is 14.5 Å². The molecule has 0 bridgehead atoms. The maximum atomic E-state index is 14.4. The molecule has 1 atom stereocenters. The van der Waals surface area contributed by atoms with Gasteiger partial charge in [0, 0.05) is 11.3 Å². The Labute approximate surface area is 189 Å². The molecular weight excluding hydrogens is 494 g/mol. The van der Waals surface area contributed by atoms with Gasteiger partial charge in [-0.3, -0.25) is 13.9 Å². The highest BCUT2D eigenvalue weighted by atomic mass is 79.9. The molecule has 0 saturated carbocycles. The van der Waals surface area contributed by atoms with Crippen LogP contribution in [0.3, 0.4) is 0 Å². The number of hydrogen-bond donors (Lipinski definition) is 1. The Morgan fingerprint density at radius 3 is 2.28 bits per heavy atom. The first kappa shape index (κ1) is 23.9. The topological polar surface area (TPSA) is 56.0 Å². The summed E-state index contributed by atoms with van der Waals surface area (Å²) in [6.07, 6.45) is -4.80. The Bertz CT molecular complexity index is 1240. The standard InChI is InChI=1S/C22H20BrF4N3O2/c1-13-19(23)20(31)30(12-18(28-2)14-7-4-3-5-8-14)21(32)29(13)11-15-16(22(25,26)27)9-6-10-17(15)24/h3-10,18,28H,11-12H2,1-2H3. The molecule has 0 amide bonds. The number of halogens is 5. The summed E-state index contributed by atoms with van der Waals surface area (Å²) in [5.74, 6) is -1.09. The van der Waals surface area contributed by atoms with Gasteiger partial charge in [0.2, 0.25) is 0 Å². The second kappa shape index (κ2) is 9.41. The van der Waals surface area contributed by atoms with Crippen LogP contribution in [0.5, 0.6) is 0 Å². The van der Waals surface area contributed by atoms with E-state index in [0.29, 0.717) is 0 Å². The van der Waals surface area contributed by atoms with Crippen molar-refractivity contribution in [2.45, 2.75) is 32.2 Å². The minimum atomic E-state index is -4.80. The van der Waals surface area contributed by atoms with Crippen LogP contribution in [0.25, 0.3) is 0 Å². The van der Waals surface area contributed by atoms with Gasteiger partial charge in [-0.05, 0) is 47.6 Å². The first-order chi connectivity index (χ1) is 15.1. The Hall–Kier alpha value is -2.72. The van der Waals surface area contributed by atoms with Gasteiger partial charge in [-0.1, -0.05) is 36.4 Å². The van der Waals surface area contributed by atoms with E-state index >= 15 is 0 Å². The summed E-state index contributed by atoms with van der Waals surface area (Å²) in [4.78, 5) is 26.0. The summed E-state index contributed by atoms with van der Waals surface area (Å²) >= 11 is 3.14. The Morgan fingerprint density at radius 2 is 1.69 bits per heavy atom. The zero-order valence-electron chi connectivity index (χ0n) is 17.2. The van der Waals surface area contributed by atoms with Crippen molar-refractivity contribution < 1.29 is 17.6 Å². The number of likely N-dealkylation sites (N-methyl/N-ethyl adjacent to an activating group) is 1. The maximum Gasteiger partial charge on any atom is 0.416 e. The molecule has 0 spiro atoms. The lowest BCUT2D eigenvalue weighted by atomic mass is 10.1. The van der Waals surface area contributed by atoms with Gasteiger partial charge in [-0.25, -0.2) is 9.18 Å². The highest BCUT2D eigenvalue weighted by molar-refractivity contribution is 9.10. The summed E-state index contributed by atoms with van der Waals surface area (Å²) in [5.41, 5.74) is -2.37. The highest BCUT2D eigenvalue weighted by Crippen LogP contribution is 2.33. The van der Waals surface area contributed by atoms with Crippen LogP contribution >= 0.6 is 15.9 Å². The molecule has 0 aliphatic heterocycles. The summed E-state index contributed by atoms with van der Waals surface area (Å²) in [6.45, 7) is 0.666. The quantitative estimate of drug-likeness (QED) is 0.501. The number of hydrogen-bond acceptors (Lipinski definition) is 3. The fourth-order valence-corrected chi connectivity index (χ4v) is 3.92. The van der Waals surface area contributed by atoms with Crippen LogP contribution in [0.4, 0.5) is 17.6 Å². The van der Waals surface area contributed by atoms with Gasteiger partial charge in [0.15, 0.2) is 0 Å². The molecule has 1 heterocycles. The lowest BCUT2D eigenvalue weighted by Gasteiger charge is -2.21. The van der Waals surface area contributed by atoms with Crippen molar-refractivity contribution in [2.75, 3.05) is 7.05 Å². The van der Waals surface area contributed by atoms with E-state index in [0.717, 1.165) is 32.9 Å². The maximum absolute atomic E-state index is 14.4. The summed E-state index contributed by atoms with van der Waals surface area (Å²) < 4.78 is 56.6. The Morgan fingerprint density at radius 1 is 1.03 bits per heavy atom. The van der Waals surface area contributed by atoms with E-state index in [4.69, 9.17) is 0 Å². The van der Waals surface area contributed by atoms with Crippen molar-refractivity contribution in [1.29, 1.82) is 0 Å². The molecule has 0 fully saturated rings. The largest absolute Gasteiger partial charge is 0.416 e. The third-order valence-electron chi connectivity index (χ3n) is 5.27. The molecule has 0 aliphatic carbocycles. The Balaban J connectivity index is 2.14. The molecule has 1 unspecified atom stereocenters. The third-order valence-corrected chi connectivity index (χ3v) is 6.19. The molecule has 5 nitrogen and oxygen atoms in total. The predicted octanol–water partition coefficient (Wildman–Crippen LogP) is 4.25. The average Bonchev–Trinajstić information content (AvgIpc) is 2.76. The van der Waals surface area contributed by atoms with Crippen LogP contribution in [0.2, 0.25) is 0 Å². The van der Waals surface area contributed by atoms with E-state index in [2.05, 4.69) is 21.2 Å². The summed E-state index contributed by atoms with van der Waals surface area (Å²) in [7, 11) is 1.67. The van der Waals surface area contributed by atoms with Crippen molar-refractivity contribution in [3.63, 3.8) is 0 Å². The van der Waals surface area contributed by atoms with E-state index in [1.54, 1.807) is 7.05 Å². The van der Waals surface area contributed by atoms with E-state index in [9.17, 15) is 27.2 Å². The fourth-order valence-electron chi connectivity index (χ4n) is 3.49. The van der Waals surface area contributed by atoms with Gasteiger partial charge in [0.25, 0.3) is 5.56 Å². The van der Waals surface area contributed by atoms with E-state index in [1.165, 1.54) is 6.92 Å². The molecule has 170 valence electrons.